The summed E-state index contributed by atoms with van der Waals surface area (Å²) in [5.41, 5.74) is 5.84. The van der Waals surface area contributed by atoms with E-state index < -0.39 is 0 Å². The topological polar surface area (TPSA) is 98.6 Å². The van der Waals surface area contributed by atoms with Crippen molar-refractivity contribution in [3.8, 4) is 0 Å². The van der Waals surface area contributed by atoms with E-state index in [2.05, 4.69) is 292 Å². The predicted octanol–water partition coefficient (Wildman–Crippen LogP) is 9.84. The van der Waals surface area contributed by atoms with Crippen LogP contribution in [0.15, 0.2) is 0 Å². The van der Waals surface area contributed by atoms with Crippen molar-refractivity contribution < 1.29 is 0 Å². The first-order valence-corrected chi connectivity index (χ1v) is 58.2. The fraction of sp³-hybridized carbons (Fsp3) is 1.00. The molecular formula is C113H233N25. The van der Waals surface area contributed by atoms with Gasteiger partial charge in [0.25, 0.3) is 0 Å². The Bertz CT molecular complexity index is 3010. The number of likely N-dealkylation sites (N-methyl/N-ethyl adjacent to an activating group) is 4. The van der Waals surface area contributed by atoms with Crippen molar-refractivity contribution in [1.82, 2.24) is 123 Å². The van der Waals surface area contributed by atoms with Crippen molar-refractivity contribution >= 4 is 0 Å². The standard InChI is InChI=1S/C12H25N3.C11H23N3.3C11H22N2.2C10H20N2.C9H18N2.C8H16N2.C8H18N2.C6H14N2.C6H13N/c1-13(2)8-9-15-10-12(11-15)4-6-14(3)7-5-12;1-12-5-3-11(4-6-12)14-9-7-13(2)8-10-14;1-12-7-3-11(4-8-12)5-9-13(2)10-6-11;1-10(2)13-8-11(9-13)4-6-12(3)7-5-11;1-3-6-13-9-11(10-13)4-7-12(2)8-5-11;1-12-8-4-10(5-9-12)2-6-11-7-3-10;1-3-12-8-10(9-12)4-6-11(2)7-5-10;1-10-5-3-9(4-6-10)7-11(2)8-9;1-10-4-2-8(3-5-10)6-9-7-8;1-9(2)8-4-6-10(3)7-5-8;1-7-3-5-8(2)6-4-7;1-7-5-3-2-4-6-7/h4-11H2,1-3H3;11H,3-10H2,1-2H3;3-10H2,1-2H3;10H,4-9H2,1-3H3;3-10H2,1-2H3;11H,2-9H2,1H3;3-9H2,1-2H3;3-8H2,1-2H3;9H,2-7H2,1H3;8H,4-7H2,1-3H3;3-6H2,1-2H3;2-6H2,1H3. The molecule has 0 aromatic heterocycles. The van der Waals surface area contributed by atoms with Crippen molar-refractivity contribution in [2.45, 2.75) is 226 Å². The van der Waals surface area contributed by atoms with Gasteiger partial charge in [0, 0.05) is 162 Å². The highest BCUT2D eigenvalue weighted by atomic mass is 15.3. The molecule has 21 aliphatic rings. The van der Waals surface area contributed by atoms with Crippen LogP contribution >= 0.6 is 0 Å². The number of nitrogens with zero attached hydrogens (tertiary/aromatic N) is 23. The molecule has 21 rings (SSSR count). The smallest absolute Gasteiger partial charge is 0.0121 e. The quantitative estimate of drug-likeness (QED) is 0.229. The van der Waals surface area contributed by atoms with Crippen LogP contribution in [0.25, 0.3) is 0 Å². The molecule has 0 unspecified atom stereocenters. The molecule has 138 heavy (non-hydrogen) atoms. The molecule has 0 bridgehead atoms. The van der Waals surface area contributed by atoms with E-state index in [1.807, 2.05) is 0 Å². The second-order valence-electron chi connectivity index (χ2n) is 52.1. The van der Waals surface area contributed by atoms with Crippen LogP contribution in [-0.4, -0.2) is 599 Å². The summed E-state index contributed by atoms with van der Waals surface area (Å²) in [6.07, 6.45) is 39.6. The summed E-state index contributed by atoms with van der Waals surface area (Å²) in [6.45, 7) is 74.3. The van der Waals surface area contributed by atoms with Gasteiger partial charge in [-0.3, -0.25) is 9.80 Å². The molecule has 0 amide bonds. The molecule has 0 aromatic carbocycles. The van der Waals surface area contributed by atoms with Gasteiger partial charge in [-0.25, -0.2) is 0 Å². The fourth-order valence-corrected chi connectivity index (χ4v) is 26.4. The monoisotopic (exact) mass is 1940 g/mol. The normalized spacial score (nSPS) is 29.2. The molecule has 0 atom stereocenters. The predicted molar refractivity (Wildman–Crippen MR) is 593 cm³/mol. The number of nitrogens with one attached hydrogen (secondary N) is 2. The minimum absolute atomic E-state index is 0.707. The van der Waals surface area contributed by atoms with Gasteiger partial charge in [0.15, 0.2) is 0 Å². The number of hydrogen-bond donors (Lipinski definition) is 2. The van der Waals surface area contributed by atoms with Crippen LogP contribution in [0.3, 0.4) is 0 Å². The third-order valence-corrected chi connectivity index (χ3v) is 38.8. The van der Waals surface area contributed by atoms with Crippen LogP contribution in [0.2, 0.25) is 0 Å². The molecule has 0 aromatic rings. The molecule has 21 saturated heterocycles. The summed E-state index contributed by atoms with van der Waals surface area (Å²) in [5.74, 6) is 0. The van der Waals surface area contributed by atoms with Crippen molar-refractivity contribution in [1.29, 1.82) is 0 Å². The zero-order valence-electron chi connectivity index (χ0n) is 96.2. The SMILES string of the molecule is CC(C)N1CC2(CCN(C)CC2)C1.CCCN1CC2(CCN(C)CC2)C1.CCN1CC2(CCN(C)CC2)C1.CN(C)CCN1CC2(CCN(C)CC2)C1.CN1CCC(N(C)C)CC1.CN1CCC(N2CCN(C)CC2)CC1.CN1CCC2(CC1)CCN(C)CC2.CN1CCC2(CC1)CN(C)C2.CN1CCC2(CC1)CNC2.CN1CCC2(CCNCC2)CC1.CN1CCCCC1.CN1CCN(C)CC1. The van der Waals surface area contributed by atoms with E-state index in [1.165, 1.54) is 507 Å². The van der Waals surface area contributed by atoms with E-state index in [9.17, 15) is 0 Å². The minimum atomic E-state index is 0.707. The summed E-state index contributed by atoms with van der Waals surface area (Å²) < 4.78 is 0. The lowest BCUT2D eigenvalue weighted by Crippen LogP contribution is -2.61. The van der Waals surface area contributed by atoms with Crippen LogP contribution in [0.4, 0.5) is 0 Å². The molecule has 0 aliphatic carbocycles. The molecule has 2 N–H and O–H groups in total. The van der Waals surface area contributed by atoms with Crippen LogP contribution in [0, 0.1) is 43.3 Å². The zero-order valence-corrected chi connectivity index (χ0v) is 96.2. The molecule has 21 aliphatic heterocycles. The van der Waals surface area contributed by atoms with Crippen molar-refractivity contribution in [2.24, 2.45) is 43.3 Å². The second kappa shape index (κ2) is 59.0. The molecule has 8 spiro atoms. The van der Waals surface area contributed by atoms with E-state index in [0.29, 0.717) is 5.41 Å². The van der Waals surface area contributed by atoms with Crippen molar-refractivity contribution in [2.75, 3.05) is 468 Å². The summed E-state index contributed by atoms with van der Waals surface area (Å²) in [6, 6.07) is 2.46. The Morgan fingerprint density at radius 1 is 0.254 bits per heavy atom. The summed E-state index contributed by atoms with van der Waals surface area (Å²) >= 11 is 0. The van der Waals surface area contributed by atoms with E-state index in [1.54, 1.807) is 0 Å². The molecule has 0 saturated carbocycles. The second-order valence-corrected chi connectivity index (χ2v) is 52.1. The number of piperazine rings is 2. The third-order valence-electron chi connectivity index (χ3n) is 38.8. The Labute approximate surface area is 855 Å². The largest absolute Gasteiger partial charge is 0.317 e. The van der Waals surface area contributed by atoms with Gasteiger partial charge in [0.05, 0.1) is 0 Å². The number of likely N-dealkylation sites (tertiary alicyclic amines) is 17. The van der Waals surface area contributed by atoms with Crippen molar-refractivity contribution in [3.63, 3.8) is 0 Å². The first-order valence-electron chi connectivity index (χ1n) is 58.2. The van der Waals surface area contributed by atoms with Gasteiger partial charge in [-0.1, -0.05) is 20.3 Å². The Morgan fingerprint density at radius 3 is 0.804 bits per heavy atom. The summed E-state index contributed by atoms with van der Waals surface area (Å²) in [5, 5.41) is 6.82. The Morgan fingerprint density at radius 2 is 0.522 bits per heavy atom. The number of piperidine rings is 13. The molecular weight excluding hydrogens is 1710 g/mol. The van der Waals surface area contributed by atoms with Crippen LogP contribution in [0.5, 0.6) is 0 Å². The van der Waals surface area contributed by atoms with Crippen LogP contribution in [0.1, 0.15) is 207 Å². The van der Waals surface area contributed by atoms with Crippen molar-refractivity contribution in [3.05, 3.63) is 0 Å². The molecule has 810 valence electrons. The highest BCUT2D eigenvalue weighted by molar-refractivity contribution is 5.04. The molecule has 25 heteroatoms. The molecule has 21 fully saturated rings. The fourth-order valence-electron chi connectivity index (χ4n) is 26.4. The van der Waals surface area contributed by atoms with Gasteiger partial charge in [-0.15, -0.1) is 0 Å². The summed E-state index contributed by atoms with van der Waals surface area (Å²) in [7, 11) is 44.3. The van der Waals surface area contributed by atoms with Crippen LogP contribution in [-0.2, 0) is 0 Å². The average molecular weight is 1940 g/mol. The first-order chi connectivity index (χ1) is 65.8. The van der Waals surface area contributed by atoms with E-state index in [-0.39, 0.29) is 0 Å². The maximum atomic E-state index is 3.45. The van der Waals surface area contributed by atoms with Crippen LogP contribution < -0.4 is 10.6 Å². The maximum absolute atomic E-state index is 3.45. The Hall–Kier alpha value is -1.00. The highest BCUT2D eigenvalue weighted by Crippen LogP contribution is 2.46. The lowest BCUT2D eigenvalue weighted by molar-refractivity contribution is -0.0586. The van der Waals surface area contributed by atoms with E-state index in [0.717, 1.165) is 56.0 Å². The number of rotatable bonds is 9. The lowest BCUT2D eigenvalue weighted by Gasteiger charge is -2.55. The van der Waals surface area contributed by atoms with E-state index >= 15 is 0 Å². The third kappa shape index (κ3) is 40.4. The first kappa shape index (κ1) is 119. The van der Waals surface area contributed by atoms with Gasteiger partial charge in [-0.05, 0) is 555 Å². The Balaban J connectivity index is 0.000000156. The zero-order chi connectivity index (χ0) is 99.6. The van der Waals surface area contributed by atoms with Gasteiger partial charge in [-0.2, -0.15) is 0 Å². The van der Waals surface area contributed by atoms with Gasteiger partial charge in [0.2, 0.25) is 0 Å². The highest BCUT2D eigenvalue weighted by Gasteiger charge is 2.49. The summed E-state index contributed by atoms with van der Waals surface area (Å²) in [4.78, 5) is 56.7. The number of hydrogen-bond acceptors (Lipinski definition) is 25. The van der Waals surface area contributed by atoms with Gasteiger partial charge in [0.1, 0.15) is 0 Å². The average Bonchev–Trinajstić information content (AvgIpc) is 0.886. The molecule has 21 heterocycles. The Kier molecular flexibility index (Phi) is 50.8. The van der Waals surface area contributed by atoms with E-state index in [4.69, 9.17) is 0 Å². The maximum Gasteiger partial charge on any atom is 0.0121 e. The lowest BCUT2D eigenvalue weighted by atomic mass is 9.71. The van der Waals surface area contributed by atoms with Gasteiger partial charge >= 0.3 is 0 Å². The molecule has 0 radical (unpaired) electrons. The minimum Gasteiger partial charge on any atom is -0.317 e. The molecule has 25 nitrogen and oxygen atoms in total. The van der Waals surface area contributed by atoms with Gasteiger partial charge < -0.3 is 114 Å².